The van der Waals surface area contributed by atoms with Gasteiger partial charge in [0.1, 0.15) is 5.60 Å². The average Bonchev–Trinajstić information content (AvgIpc) is 3.63. The van der Waals surface area contributed by atoms with Gasteiger partial charge < -0.3 is 19.9 Å². The van der Waals surface area contributed by atoms with Crippen LogP contribution in [0.2, 0.25) is 0 Å². The molecule has 4 heterocycles. The standard InChI is InChI=1S/C31H44N4O3S/c1-21-18-27(39-28(21)29(36)35-17-12-25(19-35)32-30(37)38-31(2,3)4)24-8-6-22(7-9-24)23-10-15-34(16-11-23)26-13-14-33(5)20-26/h6-9,18,23,25-26H,10-17,19-20H2,1-5H3,(H,32,37)/t25-,26?/m0/s1. The molecule has 2 atom stereocenters. The number of nitrogens with one attached hydrogen (secondary N) is 1. The average molecular weight is 553 g/mol. The molecule has 3 aliphatic heterocycles. The van der Waals surface area contributed by atoms with E-state index in [1.165, 1.54) is 56.6 Å². The van der Waals surface area contributed by atoms with Gasteiger partial charge in [-0.25, -0.2) is 4.79 Å². The maximum Gasteiger partial charge on any atom is 0.407 e. The lowest BCUT2D eigenvalue weighted by Crippen LogP contribution is -2.42. The number of nitrogens with zero attached hydrogens (tertiary/aromatic N) is 3. The zero-order chi connectivity index (χ0) is 27.7. The Bertz CT molecular complexity index is 1160. The minimum Gasteiger partial charge on any atom is -0.444 e. The molecule has 7 nitrogen and oxygen atoms in total. The highest BCUT2D eigenvalue weighted by Crippen LogP contribution is 2.35. The third-order valence-corrected chi connectivity index (χ3v) is 9.66. The number of ether oxygens (including phenoxy) is 1. The van der Waals surface area contributed by atoms with Crippen LogP contribution in [0.3, 0.4) is 0 Å². The molecule has 1 aromatic carbocycles. The molecule has 3 saturated heterocycles. The molecule has 1 aromatic heterocycles. The van der Waals surface area contributed by atoms with Crippen LogP contribution in [0.25, 0.3) is 10.4 Å². The van der Waals surface area contributed by atoms with Crippen LogP contribution in [0.4, 0.5) is 4.79 Å². The Labute approximate surface area is 237 Å². The SMILES string of the molecule is Cc1cc(-c2ccc(C3CCN(C4CCN(C)C4)CC3)cc2)sc1C(=O)N1CC[C@H](NC(=O)OC(C)(C)C)C1. The zero-order valence-corrected chi connectivity index (χ0v) is 25.0. The largest absolute Gasteiger partial charge is 0.444 e. The molecule has 3 fully saturated rings. The summed E-state index contributed by atoms with van der Waals surface area (Å²) in [5.74, 6) is 0.683. The number of benzene rings is 1. The lowest BCUT2D eigenvalue weighted by molar-refractivity contribution is 0.0502. The van der Waals surface area contributed by atoms with Crippen LogP contribution in [0.1, 0.15) is 73.2 Å². The lowest BCUT2D eigenvalue weighted by Gasteiger charge is -2.36. The van der Waals surface area contributed by atoms with Gasteiger partial charge in [0.05, 0.1) is 10.9 Å². The molecule has 0 spiro atoms. The van der Waals surface area contributed by atoms with Gasteiger partial charge in [0.25, 0.3) is 5.91 Å². The number of amides is 2. The summed E-state index contributed by atoms with van der Waals surface area (Å²) in [4.78, 5) is 34.4. The third-order valence-electron chi connectivity index (χ3n) is 8.39. The minimum absolute atomic E-state index is 0.0501. The molecule has 2 amide bonds. The summed E-state index contributed by atoms with van der Waals surface area (Å²) in [6.45, 7) is 13.5. The van der Waals surface area contributed by atoms with E-state index >= 15 is 0 Å². The highest BCUT2D eigenvalue weighted by Gasteiger charge is 2.32. The fourth-order valence-corrected chi connectivity index (χ4v) is 7.39. The fourth-order valence-electron chi connectivity index (χ4n) is 6.24. The number of likely N-dealkylation sites (N-methyl/N-ethyl adjacent to an activating group) is 1. The maximum absolute atomic E-state index is 13.4. The number of carbonyl (C=O) groups is 2. The summed E-state index contributed by atoms with van der Waals surface area (Å²) in [7, 11) is 2.23. The number of rotatable bonds is 5. The van der Waals surface area contributed by atoms with Crippen LogP contribution in [0, 0.1) is 6.92 Å². The first-order chi connectivity index (χ1) is 18.6. The Morgan fingerprint density at radius 1 is 0.974 bits per heavy atom. The van der Waals surface area contributed by atoms with Crippen molar-refractivity contribution >= 4 is 23.3 Å². The number of alkyl carbamates (subject to hydrolysis) is 1. The van der Waals surface area contributed by atoms with E-state index in [4.69, 9.17) is 4.74 Å². The van der Waals surface area contributed by atoms with Gasteiger partial charge in [0.2, 0.25) is 0 Å². The van der Waals surface area contributed by atoms with Gasteiger partial charge in [0, 0.05) is 30.6 Å². The quantitative estimate of drug-likeness (QED) is 0.542. The second-order valence-electron chi connectivity index (χ2n) is 12.6. The molecule has 1 unspecified atom stereocenters. The van der Waals surface area contributed by atoms with Gasteiger partial charge in [-0.3, -0.25) is 9.69 Å². The highest BCUT2D eigenvalue weighted by molar-refractivity contribution is 7.17. The Hall–Kier alpha value is -2.42. The molecule has 2 aromatic rings. The summed E-state index contributed by atoms with van der Waals surface area (Å²) >= 11 is 1.57. The molecule has 1 N–H and O–H groups in total. The second kappa shape index (κ2) is 11.6. The predicted octanol–water partition coefficient (Wildman–Crippen LogP) is 5.35. The van der Waals surface area contributed by atoms with Crippen molar-refractivity contribution in [1.82, 2.24) is 20.0 Å². The van der Waals surface area contributed by atoms with Crippen molar-refractivity contribution < 1.29 is 14.3 Å². The van der Waals surface area contributed by atoms with Crippen LogP contribution in [-0.2, 0) is 4.74 Å². The van der Waals surface area contributed by atoms with Crippen LogP contribution in [0.15, 0.2) is 30.3 Å². The van der Waals surface area contributed by atoms with E-state index < -0.39 is 11.7 Å². The maximum atomic E-state index is 13.4. The van der Waals surface area contributed by atoms with Crippen LogP contribution >= 0.6 is 11.3 Å². The molecule has 8 heteroatoms. The van der Waals surface area contributed by atoms with Gasteiger partial charge in [-0.15, -0.1) is 11.3 Å². The molecule has 212 valence electrons. The molecule has 0 bridgehead atoms. The van der Waals surface area contributed by atoms with Gasteiger partial charge in [0.15, 0.2) is 0 Å². The summed E-state index contributed by atoms with van der Waals surface area (Å²) in [6, 6.07) is 11.8. The van der Waals surface area contributed by atoms with E-state index in [0.717, 1.165) is 27.8 Å². The Kier molecular flexibility index (Phi) is 8.36. The summed E-state index contributed by atoms with van der Waals surface area (Å²) in [6.07, 6.45) is 4.08. The first kappa shape index (κ1) is 28.1. The first-order valence-corrected chi connectivity index (χ1v) is 15.3. The van der Waals surface area contributed by atoms with Gasteiger partial charge in [-0.1, -0.05) is 24.3 Å². The van der Waals surface area contributed by atoms with E-state index in [1.54, 1.807) is 11.3 Å². The Morgan fingerprint density at radius 3 is 2.33 bits per heavy atom. The smallest absolute Gasteiger partial charge is 0.407 e. The van der Waals surface area contributed by atoms with Crippen LogP contribution in [0.5, 0.6) is 0 Å². The fraction of sp³-hybridized carbons (Fsp3) is 0.613. The Balaban J connectivity index is 1.16. The molecule has 39 heavy (non-hydrogen) atoms. The molecular formula is C31H44N4O3S. The number of likely N-dealkylation sites (tertiary alicyclic amines) is 3. The molecule has 0 saturated carbocycles. The van der Waals surface area contributed by atoms with Gasteiger partial charge in [-0.05, 0) is 109 Å². The molecule has 0 radical (unpaired) electrons. The number of thiophene rings is 1. The van der Waals surface area contributed by atoms with Crippen LogP contribution in [-0.4, -0.2) is 90.7 Å². The number of hydrogen-bond donors (Lipinski definition) is 1. The minimum atomic E-state index is -0.537. The number of aryl methyl sites for hydroxylation is 1. The topological polar surface area (TPSA) is 65.1 Å². The van der Waals surface area contributed by atoms with E-state index in [9.17, 15) is 9.59 Å². The zero-order valence-electron chi connectivity index (χ0n) is 24.2. The Morgan fingerprint density at radius 2 is 1.69 bits per heavy atom. The van der Waals surface area contributed by atoms with Crippen molar-refractivity contribution in [3.63, 3.8) is 0 Å². The van der Waals surface area contributed by atoms with Crippen molar-refractivity contribution in [2.45, 2.75) is 77.0 Å². The molecular weight excluding hydrogens is 508 g/mol. The van der Waals surface area contributed by atoms with Gasteiger partial charge >= 0.3 is 6.09 Å². The normalized spacial score (nSPS) is 23.4. The van der Waals surface area contributed by atoms with Gasteiger partial charge in [-0.2, -0.15) is 0 Å². The van der Waals surface area contributed by atoms with Crippen molar-refractivity contribution in [3.05, 3.63) is 46.3 Å². The number of piperidine rings is 1. The number of carbonyl (C=O) groups excluding carboxylic acids is 2. The molecule has 3 aliphatic rings. The van der Waals surface area contributed by atoms with Crippen molar-refractivity contribution in [2.24, 2.45) is 0 Å². The van der Waals surface area contributed by atoms with Crippen molar-refractivity contribution in [2.75, 3.05) is 46.3 Å². The second-order valence-corrected chi connectivity index (χ2v) is 13.7. The van der Waals surface area contributed by atoms with Crippen LogP contribution < -0.4 is 5.32 Å². The van der Waals surface area contributed by atoms with E-state index in [2.05, 4.69) is 52.5 Å². The number of hydrogen-bond acceptors (Lipinski definition) is 6. The third kappa shape index (κ3) is 6.84. The highest BCUT2D eigenvalue weighted by atomic mass is 32.1. The summed E-state index contributed by atoms with van der Waals surface area (Å²) in [5, 5.41) is 2.91. The summed E-state index contributed by atoms with van der Waals surface area (Å²) in [5.41, 5.74) is 3.08. The van der Waals surface area contributed by atoms with Crippen molar-refractivity contribution in [1.29, 1.82) is 0 Å². The van der Waals surface area contributed by atoms with E-state index in [-0.39, 0.29) is 11.9 Å². The monoisotopic (exact) mass is 552 g/mol. The molecule has 0 aliphatic carbocycles. The lowest BCUT2D eigenvalue weighted by atomic mass is 9.88. The predicted molar refractivity (Wildman–Crippen MR) is 158 cm³/mol. The molecule has 5 rings (SSSR count). The van der Waals surface area contributed by atoms with E-state index in [0.29, 0.717) is 19.0 Å². The first-order valence-electron chi connectivity index (χ1n) is 14.5. The van der Waals surface area contributed by atoms with E-state index in [1.807, 2.05) is 32.6 Å². The summed E-state index contributed by atoms with van der Waals surface area (Å²) < 4.78 is 5.37. The van der Waals surface area contributed by atoms with Crippen molar-refractivity contribution in [3.8, 4) is 10.4 Å².